The van der Waals surface area contributed by atoms with Crippen LogP contribution < -0.4 is 4.74 Å². The second-order valence-electron chi connectivity index (χ2n) is 5.74. The molecule has 5 nitrogen and oxygen atoms in total. The minimum Gasteiger partial charge on any atom is -0.497 e. The molecule has 2 rings (SSSR count). The highest BCUT2D eigenvalue weighted by Gasteiger charge is 2.28. The van der Waals surface area contributed by atoms with Gasteiger partial charge in [0.1, 0.15) is 11.5 Å². The van der Waals surface area contributed by atoms with Crippen molar-refractivity contribution < 1.29 is 14.1 Å². The zero-order valence-corrected chi connectivity index (χ0v) is 14.4. The van der Waals surface area contributed by atoms with E-state index in [0.29, 0.717) is 13.0 Å². The topological polar surface area (TPSA) is 55.6 Å². The monoisotopic (exact) mass is 316 g/mol. The Hall–Kier alpha value is -2.30. The molecule has 0 saturated heterocycles. The molecule has 0 aliphatic carbocycles. The first-order valence-corrected chi connectivity index (χ1v) is 7.78. The number of aromatic nitrogens is 1. The summed E-state index contributed by atoms with van der Waals surface area (Å²) >= 11 is 0. The molecule has 1 heterocycles. The maximum absolute atomic E-state index is 12.9. The Bertz CT molecular complexity index is 659. The van der Waals surface area contributed by atoms with Crippen molar-refractivity contribution in [3.8, 4) is 5.75 Å². The lowest BCUT2D eigenvalue weighted by molar-refractivity contribution is -0.132. The zero-order valence-electron chi connectivity index (χ0n) is 14.4. The molecule has 23 heavy (non-hydrogen) atoms. The van der Waals surface area contributed by atoms with Gasteiger partial charge in [0.05, 0.1) is 18.7 Å². The summed E-state index contributed by atoms with van der Waals surface area (Å²) < 4.78 is 10.5. The number of likely N-dealkylation sites (N-methyl/N-ethyl adjacent to an activating group) is 1. The molecule has 1 aromatic heterocycles. The van der Waals surface area contributed by atoms with Crippen molar-refractivity contribution in [2.75, 3.05) is 14.2 Å². The van der Waals surface area contributed by atoms with E-state index in [4.69, 9.17) is 9.26 Å². The number of methoxy groups -OCH3 is 1. The van der Waals surface area contributed by atoms with Crippen molar-refractivity contribution in [1.29, 1.82) is 0 Å². The first-order valence-electron chi connectivity index (χ1n) is 7.78. The number of carbonyl (C=O) groups excluding carboxylic acids is 1. The molecule has 0 bridgehead atoms. The first-order chi connectivity index (χ1) is 11.0. The summed E-state index contributed by atoms with van der Waals surface area (Å²) in [6, 6.07) is 7.76. The number of hydrogen-bond donors (Lipinski definition) is 0. The predicted octanol–water partition coefficient (Wildman–Crippen LogP) is 3.45. The molecule has 0 aliphatic rings. The molecule has 1 atom stereocenters. The second kappa shape index (κ2) is 7.31. The van der Waals surface area contributed by atoms with Gasteiger partial charge in [-0.15, -0.1) is 0 Å². The minimum atomic E-state index is -0.225. The van der Waals surface area contributed by atoms with E-state index in [-0.39, 0.29) is 11.8 Å². The molecular weight excluding hydrogens is 292 g/mol. The minimum absolute atomic E-state index is 0.0738. The van der Waals surface area contributed by atoms with Crippen LogP contribution in [0.2, 0.25) is 0 Å². The van der Waals surface area contributed by atoms with Gasteiger partial charge in [-0.3, -0.25) is 4.79 Å². The fourth-order valence-corrected chi connectivity index (χ4v) is 2.88. The smallest absolute Gasteiger partial charge is 0.230 e. The van der Waals surface area contributed by atoms with Gasteiger partial charge in [-0.2, -0.15) is 0 Å². The van der Waals surface area contributed by atoms with E-state index < -0.39 is 0 Å². The Labute approximate surface area is 137 Å². The molecule has 0 aliphatic heterocycles. The lowest BCUT2D eigenvalue weighted by atomic mass is 9.93. The largest absolute Gasteiger partial charge is 0.497 e. The quantitative estimate of drug-likeness (QED) is 0.819. The number of carbonyl (C=O) groups is 1. The van der Waals surface area contributed by atoms with Crippen molar-refractivity contribution in [3.05, 3.63) is 46.8 Å². The summed E-state index contributed by atoms with van der Waals surface area (Å²) in [4.78, 5) is 14.6. The fraction of sp³-hybridized carbons (Fsp3) is 0.444. The molecule has 5 heteroatoms. The third kappa shape index (κ3) is 3.73. The molecule has 0 saturated carbocycles. The SMILES string of the molecule is CC[C@@H](C(=O)N(C)Cc1cccc(OC)c1)c1c(C)noc1C. The van der Waals surface area contributed by atoms with Crippen LogP contribution in [0, 0.1) is 13.8 Å². The molecule has 124 valence electrons. The van der Waals surface area contributed by atoms with Crippen LogP contribution in [0.15, 0.2) is 28.8 Å². The summed E-state index contributed by atoms with van der Waals surface area (Å²) in [6.45, 7) is 6.28. The summed E-state index contributed by atoms with van der Waals surface area (Å²) in [6.07, 6.45) is 0.712. The highest BCUT2D eigenvalue weighted by molar-refractivity contribution is 5.84. The Morgan fingerprint density at radius 2 is 2.13 bits per heavy atom. The molecule has 2 aromatic rings. The number of rotatable bonds is 6. The van der Waals surface area contributed by atoms with Gasteiger partial charge in [0.15, 0.2) is 0 Å². The number of hydrogen-bond acceptors (Lipinski definition) is 4. The predicted molar refractivity (Wildman–Crippen MR) is 88.5 cm³/mol. The molecule has 0 fully saturated rings. The van der Waals surface area contributed by atoms with E-state index in [1.165, 1.54) is 0 Å². The fourth-order valence-electron chi connectivity index (χ4n) is 2.88. The third-order valence-electron chi connectivity index (χ3n) is 4.07. The maximum Gasteiger partial charge on any atom is 0.230 e. The maximum atomic E-state index is 12.9. The van der Waals surface area contributed by atoms with Crippen LogP contribution in [0.5, 0.6) is 5.75 Å². The summed E-state index contributed by atoms with van der Waals surface area (Å²) in [5, 5.41) is 3.97. The van der Waals surface area contributed by atoms with Crippen LogP contribution in [0.25, 0.3) is 0 Å². The molecule has 1 aromatic carbocycles. The van der Waals surface area contributed by atoms with Gasteiger partial charge in [-0.25, -0.2) is 0 Å². The van der Waals surface area contributed by atoms with Crippen molar-refractivity contribution in [1.82, 2.24) is 10.1 Å². The average molecular weight is 316 g/mol. The lowest BCUT2D eigenvalue weighted by Gasteiger charge is -2.23. The Kier molecular flexibility index (Phi) is 5.42. The number of nitrogens with zero attached hydrogens (tertiary/aromatic N) is 2. The van der Waals surface area contributed by atoms with E-state index in [2.05, 4.69) is 5.16 Å². The molecule has 0 spiro atoms. The molecule has 0 N–H and O–H groups in total. The van der Waals surface area contributed by atoms with Crippen LogP contribution in [0.3, 0.4) is 0 Å². The lowest BCUT2D eigenvalue weighted by Crippen LogP contribution is -2.31. The van der Waals surface area contributed by atoms with E-state index in [1.54, 1.807) is 12.0 Å². The van der Waals surface area contributed by atoms with E-state index >= 15 is 0 Å². The van der Waals surface area contributed by atoms with Crippen LogP contribution in [0.4, 0.5) is 0 Å². The normalized spacial score (nSPS) is 12.0. The van der Waals surface area contributed by atoms with Crippen LogP contribution in [-0.4, -0.2) is 30.1 Å². The van der Waals surface area contributed by atoms with E-state index in [1.807, 2.05) is 52.1 Å². The van der Waals surface area contributed by atoms with Gasteiger partial charge < -0.3 is 14.2 Å². The Morgan fingerprint density at radius 1 is 1.39 bits per heavy atom. The standard InChI is InChI=1S/C18H24N2O3/c1-6-16(17-12(2)19-23-13(17)3)18(21)20(4)11-14-8-7-9-15(10-14)22-5/h7-10,16H,6,11H2,1-5H3/t16-/m1/s1. The Balaban J connectivity index is 2.17. The highest BCUT2D eigenvalue weighted by atomic mass is 16.5. The molecule has 0 unspecified atom stereocenters. The number of amides is 1. The first kappa shape index (κ1) is 17.1. The molecule has 0 radical (unpaired) electrons. The summed E-state index contributed by atoms with van der Waals surface area (Å²) in [5.41, 5.74) is 2.74. The van der Waals surface area contributed by atoms with Crippen molar-refractivity contribution in [2.45, 2.75) is 39.7 Å². The van der Waals surface area contributed by atoms with E-state index in [0.717, 1.165) is 28.3 Å². The van der Waals surface area contributed by atoms with Gasteiger partial charge in [0.2, 0.25) is 5.91 Å². The highest BCUT2D eigenvalue weighted by Crippen LogP contribution is 2.28. The third-order valence-corrected chi connectivity index (χ3v) is 4.07. The number of ether oxygens (including phenoxy) is 1. The van der Waals surface area contributed by atoms with Crippen LogP contribution >= 0.6 is 0 Å². The van der Waals surface area contributed by atoms with Gasteiger partial charge in [0.25, 0.3) is 0 Å². The van der Waals surface area contributed by atoms with Crippen molar-refractivity contribution >= 4 is 5.91 Å². The zero-order chi connectivity index (χ0) is 17.0. The van der Waals surface area contributed by atoms with Gasteiger partial charge in [-0.1, -0.05) is 24.2 Å². The molecular formula is C18H24N2O3. The van der Waals surface area contributed by atoms with Gasteiger partial charge >= 0.3 is 0 Å². The number of aryl methyl sites for hydroxylation is 2. The average Bonchev–Trinajstić information content (AvgIpc) is 2.88. The summed E-state index contributed by atoms with van der Waals surface area (Å²) in [5.74, 6) is 1.36. The van der Waals surface area contributed by atoms with Gasteiger partial charge in [0, 0.05) is 19.2 Å². The van der Waals surface area contributed by atoms with Crippen molar-refractivity contribution in [3.63, 3.8) is 0 Å². The second-order valence-corrected chi connectivity index (χ2v) is 5.74. The van der Waals surface area contributed by atoms with Crippen LogP contribution in [0.1, 0.15) is 41.8 Å². The summed E-state index contributed by atoms with van der Waals surface area (Å²) in [7, 11) is 3.46. The number of benzene rings is 1. The Morgan fingerprint density at radius 3 is 2.70 bits per heavy atom. The van der Waals surface area contributed by atoms with Crippen LogP contribution in [-0.2, 0) is 11.3 Å². The van der Waals surface area contributed by atoms with Crippen molar-refractivity contribution in [2.24, 2.45) is 0 Å². The van der Waals surface area contributed by atoms with E-state index in [9.17, 15) is 4.79 Å². The molecule has 1 amide bonds. The van der Waals surface area contributed by atoms with Gasteiger partial charge in [-0.05, 0) is 38.0 Å².